The van der Waals surface area contributed by atoms with Gasteiger partial charge in [0.2, 0.25) is 0 Å². The summed E-state index contributed by atoms with van der Waals surface area (Å²) in [5, 5.41) is 7.82. The van der Waals surface area contributed by atoms with Gasteiger partial charge in [-0.15, -0.1) is 11.3 Å². The molecule has 4 nitrogen and oxygen atoms in total. The van der Waals surface area contributed by atoms with Gasteiger partial charge in [0.15, 0.2) is 5.78 Å². The van der Waals surface area contributed by atoms with E-state index in [-0.39, 0.29) is 17.7 Å². The standard InChI is InChI=1S/C25H23N3OS/c1-16(25(29)21-15-28-23-10-5-3-8-18(21)23)26-14-20(24-11-6-12-30-24)19-13-27-22-9-4-2-7-17(19)22/h2-13,15-16,20,26-28H,14H2,1H3/t16-,20-/m1/s1. The smallest absolute Gasteiger partial charge is 0.181 e. The molecule has 0 unspecified atom stereocenters. The average Bonchev–Trinajstić information content (AvgIpc) is 3.53. The molecule has 0 spiro atoms. The summed E-state index contributed by atoms with van der Waals surface area (Å²) in [5.74, 6) is 0.288. The summed E-state index contributed by atoms with van der Waals surface area (Å²) in [4.78, 5) is 21.0. The fraction of sp³-hybridized carbons (Fsp3) is 0.160. The molecule has 0 saturated carbocycles. The number of carbonyl (C=O) groups excluding carboxylic acids is 1. The molecule has 0 saturated heterocycles. The van der Waals surface area contributed by atoms with Crippen molar-refractivity contribution in [2.24, 2.45) is 0 Å². The second kappa shape index (κ2) is 7.94. The second-order valence-electron chi connectivity index (χ2n) is 7.60. The zero-order valence-electron chi connectivity index (χ0n) is 16.7. The van der Waals surface area contributed by atoms with Gasteiger partial charge in [-0.1, -0.05) is 42.5 Å². The molecule has 3 heterocycles. The Balaban J connectivity index is 1.40. The number of aromatic amines is 2. The van der Waals surface area contributed by atoms with Crippen molar-refractivity contribution in [1.29, 1.82) is 0 Å². The Kier molecular flexibility index (Phi) is 4.99. The van der Waals surface area contributed by atoms with Crippen LogP contribution in [0, 0.1) is 0 Å². The van der Waals surface area contributed by atoms with Crippen molar-refractivity contribution in [1.82, 2.24) is 15.3 Å². The minimum atomic E-state index is -0.281. The maximum Gasteiger partial charge on any atom is 0.181 e. The number of ketones is 1. The number of thiophene rings is 1. The van der Waals surface area contributed by atoms with Crippen LogP contribution in [0.25, 0.3) is 21.8 Å². The topological polar surface area (TPSA) is 60.7 Å². The predicted octanol–water partition coefficient (Wildman–Crippen LogP) is 5.70. The van der Waals surface area contributed by atoms with Crippen LogP contribution in [0.1, 0.15) is 33.6 Å². The quantitative estimate of drug-likeness (QED) is 0.300. The Labute approximate surface area is 179 Å². The van der Waals surface area contributed by atoms with Crippen molar-refractivity contribution in [3.8, 4) is 0 Å². The zero-order valence-corrected chi connectivity index (χ0v) is 17.5. The minimum absolute atomic E-state index is 0.108. The third kappa shape index (κ3) is 3.36. The molecular formula is C25H23N3OS. The molecule has 0 amide bonds. The molecule has 3 aromatic heterocycles. The van der Waals surface area contributed by atoms with E-state index in [0.717, 1.165) is 22.0 Å². The van der Waals surface area contributed by atoms with E-state index >= 15 is 0 Å². The number of hydrogen-bond acceptors (Lipinski definition) is 3. The van der Waals surface area contributed by atoms with Gasteiger partial charge in [-0.25, -0.2) is 0 Å². The summed E-state index contributed by atoms with van der Waals surface area (Å²) >= 11 is 1.75. The number of hydrogen-bond donors (Lipinski definition) is 3. The molecule has 5 rings (SSSR count). The van der Waals surface area contributed by atoms with Crippen LogP contribution in [0.15, 0.2) is 78.4 Å². The molecule has 2 atom stereocenters. The van der Waals surface area contributed by atoms with E-state index in [4.69, 9.17) is 0 Å². The van der Waals surface area contributed by atoms with E-state index in [1.54, 1.807) is 11.3 Å². The van der Waals surface area contributed by atoms with Gasteiger partial charge in [0.25, 0.3) is 0 Å². The van der Waals surface area contributed by atoms with Crippen LogP contribution < -0.4 is 5.32 Å². The van der Waals surface area contributed by atoms with Gasteiger partial charge in [0.05, 0.1) is 6.04 Å². The SMILES string of the molecule is C[C@@H](NC[C@@H](c1cccs1)c1c[nH]c2ccccc12)C(=O)c1c[nH]c2ccccc12. The summed E-state index contributed by atoms with van der Waals surface area (Å²) in [7, 11) is 0. The lowest BCUT2D eigenvalue weighted by atomic mass is 9.96. The summed E-state index contributed by atoms with van der Waals surface area (Å²) in [5.41, 5.74) is 4.12. The molecule has 2 aromatic carbocycles. The molecule has 30 heavy (non-hydrogen) atoms. The van der Waals surface area contributed by atoms with Crippen LogP contribution >= 0.6 is 11.3 Å². The number of Topliss-reactive ketones (excluding diaryl/α,β-unsaturated/α-hetero) is 1. The highest BCUT2D eigenvalue weighted by molar-refractivity contribution is 7.10. The van der Waals surface area contributed by atoms with Gasteiger partial charge in [-0.05, 0) is 36.1 Å². The first-order chi connectivity index (χ1) is 14.7. The summed E-state index contributed by atoms with van der Waals surface area (Å²) in [6.07, 6.45) is 3.92. The third-order valence-corrected chi connectivity index (χ3v) is 6.75. The second-order valence-corrected chi connectivity index (χ2v) is 8.58. The highest BCUT2D eigenvalue weighted by Crippen LogP contribution is 2.33. The van der Waals surface area contributed by atoms with Crippen molar-refractivity contribution < 1.29 is 4.79 Å². The molecule has 3 N–H and O–H groups in total. The lowest BCUT2D eigenvalue weighted by molar-refractivity contribution is 0.0952. The molecule has 5 aromatic rings. The number of aromatic nitrogens is 2. The monoisotopic (exact) mass is 413 g/mol. The Morgan fingerprint density at radius 3 is 2.40 bits per heavy atom. The van der Waals surface area contributed by atoms with Crippen molar-refractivity contribution in [3.63, 3.8) is 0 Å². The summed E-state index contributed by atoms with van der Waals surface area (Å²) in [6, 6.07) is 20.3. The molecule has 5 heteroatoms. The highest BCUT2D eigenvalue weighted by Gasteiger charge is 2.23. The normalized spacial score (nSPS) is 13.6. The highest BCUT2D eigenvalue weighted by atomic mass is 32.1. The Bertz CT molecular complexity index is 1300. The van der Waals surface area contributed by atoms with Crippen LogP contribution in [0.4, 0.5) is 0 Å². The van der Waals surface area contributed by atoms with E-state index in [1.807, 2.05) is 43.5 Å². The van der Waals surface area contributed by atoms with Crippen molar-refractivity contribution in [3.05, 3.63) is 94.4 Å². The van der Waals surface area contributed by atoms with Crippen molar-refractivity contribution in [2.75, 3.05) is 6.54 Å². The number of para-hydroxylation sites is 2. The fourth-order valence-electron chi connectivity index (χ4n) is 4.13. The number of nitrogens with one attached hydrogen (secondary N) is 3. The molecule has 0 bridgehead atoms. The summed E-state index contributed by atoms with van der Waals surface area (Å²) in [6.45, 7) is 2.64. The number of H-pyrrole nitrogens is 2. The molecule has 150 valence electrons. The van der Waals surface area contributed by atoms with Crippen LogP contribution in [0.5, 0.6) is 0 Å². The molecule has 0 aliphatic rings. The van der Waals surface area contributed by atoms with E-state index in [0.29, 0.717) is 6.54 Å². The molecule has 0 radical (unpaired) electrons. The third-order valence-electron chi connectivity index (χ3n) is 5.76. The maximum atomic E-state index is 13.1. The average molecular weight is 414 g/mol. The largest absolute Gasteiger partial charge is 0.361 e. The summed E-state index contributed by atoms with van der Waals surface area (Å²) < 4.78 is 0. The van der Waals surface area contributed by atoms with Crippen LogP contribution in [0.2, 0.25) is 0 Å². The Morgan fingerprint density at radius 1 is 0.933 bits per heavy atom. The zero-order chi connectivity index (χ0) is 20.5. The van der Waals surface area contributed by atoms with Gasteiger partial charge >= 0.3 is 0 Å². The molecular weight excluding hydrogens is 390 g/mol. The van der Waals surface area contributed by atoms with Crippen LogP contribution in [-0.4, -0.2) is 28.3 Å². The molecule has 0 aliphatic carbocycles. The molecule has 0 aliphatic heterocycles. The van der Waals surface area contributed by atoms with Crippen LogP contribution in [-0.2, 0) is 0 Å². The number of rotatable bonds is 7. The van der Waals surface area contributed by atoms with E-state index in [1.165, 1.54) is 15.8 Å². The van der Waals surface area contributed by atoms with Gasteiger partial charge in [-0.3, -0.25) is 4.79 Å². The van der Waals surface area contributed by atoms with Gasteiger partial charge in [0, 0.05) is 57.1 Å². The van der Waals surface area contributed by atoms with Gasteiger partial charge < -0.3 is 15.3 Å². The first kappa shape index (κ1) is 18.9. The lowest BCUT2D eigenvalue weighted by Gasteiger charge is -2.19. The number of carbonyl (C=O) groups is 1. The Morgan fingerprint density at radius 2 is 1.63 bits per heavy atom. The Hall–Kier alpha value is -3.15. The van der Waals surface area contributed by atoms with Crippen molar-refractivity contribution >= 4 is 38.9 Å². The predicted molar refractivity (Wildman–Crippen MR) is 125 cm³/mol. The van der Waals surface area contributed by atoms with E-state index in [9.17, 15) is 4.79 Å². The number of benzene rings is 2. The van der Waals surface area contributed by atoms with E-state index in [2.05, 4.69) is 57.2 Å². The van der Waals surface area contributed by atoms with Crippen molar-refractivity contribution in [2.45, 2.75) is 18.9 Å². The fourth-order valence-corrected chi connectivity index (χ4v) is 4.98. The van der Waals surface area contributed by atoms with E-state index < -0.39 is 0 Å². The lowest BCUT2D eigenvalue weighted by Crippen LogP contribution is -2.36. The number of fused-ring (bicyclic) bond motifs is 2. The van der Waals surface area contributed by atoms with Gasteiger partial charge in [0.1, 0.15) is 0 Å². The van der Waals surface area contributed by atoms with Gasteiger partial charge in [-0.2, -0.15) is 0 Å². The van der Waals surface area contributed by atoms with Crippen LogP contribution in [0.3, 0.4) is 0 Å². The first-order valence-corrected chi connectivity index (χ1v) is 11.0. The molecule has 0 fully saturated rings. The first-order valence-electron chi connectivity index (χ1n) is 10.2. The maximum absolute atomic E-state index is 13.1. The minimum Gasteiger partial charge on any atom is -0.361 e.